The second-order valence-corrected chi connectivity index (χ2v) is 12.4. The Bertz CT molecular complexity index is 715. The molecule has 0 aliphatic heterocycles. The van der Waals surface area contributed by atoms with E-state index < -0.39 is 8.03 Å². The topological polar surface area (TPSA) is 26.3 Å². The fraction of sp³-hybridized carbons (Fsp3) is 0.739. The fourth-order valence-corrected chi connectivity index (χ4v) is 6.54. The second-order valence-electron chi connectivity index (χ2n) is 11.0. The SMILES string of the molecule is CO[P+](=O)c1c2c(cc3c1C(C)(C)CCC3(C)C)C(C)(C)CCC2(C)C. The lowest BCUT2D eigenvalue weighted by molar-refractivity contribution is 0.314. The van der Waals surface area contributed by atoms with E-state index in [4.69, 9.17) is 4.52 Å². The maximum atomic E-state index is 13.3. The quantitative estimate of drug-likeness (QED) is 0.559. The van der Waals surface area contributed by atoms with Gasteiger partial charge in [0.05, 0.1) is 7.11 Å². The van der Waals surface area contributed by atoms with E-state index in [1.807, 2.05) is 0 Å². The molecule has 0 radical (unpaired) electrons. The number of rotatable bonds is 2. The summed E-state index contributed by atoms with van der Waals surface area (Å²) >= 11 is 0. The molecule has 2 aliphatic rings. The van der Waals surface area contributed by atoms with Crippen molar-refractivity contribution in [3.63, 3.8) is 0 Å². The molecule has 0 fully saturated rings. The van der Waals surface area contributed by atoms with Gasteiger partial charge < -0.3 is 0 Å². The molecule has 0 spiro atoms. The van der Waals surface area contributed by atoms with E-state index in [2.05, 4.69) is 61.5 Å². The van der Waals surface area contributed by atoms with Gasteiger partial charge in [0, 0.05) is 11.1 Å². The highest BCUT2D eigenvalue weighted by atomic mass is 31.1. The Labute approximate surface area is 161 Å². The fourth-order valence-electron chi connectivity index (χ4n) is 5.15. The van der Waals surface area contributed by atoms with Gasteiger partial charge >= 0.3 is 8.03 Å². The first-order valence-corrected chi connectivity index (χ1v) is 11.2. The molecule has 3 heteroatoms. The molecule has 2 aliphatic carbocycles. The standard InChI is InChI=1S/C23H36O2P/c1-20(2)10-12-22(5,6)17-15(20)14-16-18(19(17)26(24)25-9)23(7,8)13-11-21(16,3)4/h14H,10-13H2,1-9H3/q+1. The van der Waals surface area contributed by atoms with Crippen LogP contribution in [-0.4, -0.2) is 7.11 Å². The van der Waals surface area contributed by atoms with Crippen molar-refractivity contribution in [2.24, 2.45) is 0 Å². The Morgan fingerprint density at radius 1 is 0.731 bits per heavy atom. The molecule has 1 atom stereocenters. The third kappa shape index (κ3) is 2.89. The Balaban J connectivity index is 2.53. The maximum Gasteiger partial charge on any atom is 0.549 e. The lowest BCUT2D eigenvalue weighted by Crippen LogP contribution is -2.45. The normalized spacial score (nSPS) is 25.2. The molecule has 0 amide bonds. The minimum atomic E-state index is -1.85. The van der Waals surface area contributed by atoms with Gasteiger partial charge in [-0.1, -0.05) is 61.5 Å². The highest BCUT2D eigenvalue weighted by Crippen LogP contribution is 2.54. The molecular formula is C23H36O2P+. The summed E-state index contributed by atoms with van der Waals surface area (Å²) in [5.41, 5.74) is 5.67. The summed E-state index contributed by atoms with van der Waals surface area (Å²) in [6, 6.07) is 2.48. The summed E-state index contributed by atoms with van der Waals surface area (Å²) in [6.45, 7) is 18.6. The van der Waals surface area contributed by atoms with E-state index in [9.17, 15) is 4.57 Å². The van der Waals surface area contributed by atoms with Crippen LogP contribution in [0.4, 0.5) is 0 Å². The van der Waals surface area contributed by atoms with Gasteiger partial charge in [-0.3, -0.25) is 0 Å². The lowest BCUT2D eigenvalue weighted by Gasteiger charge is -2.47. The van der Waals surface area contributed by atoms with E-state index in [0.717, 1.165) is 18.1 Å². The second kappa shape index (κ2) is 5.89. The molecule has 0 bridgehead atoms. The van der Waals surface area contributed by atoms with Crippen LogP contribution in [0.2, 0.25) is 0 Å². The van der Waals surface area contributed by atoms with Gasteiger partial charge in [0.1, 0.15) is 0 Å². The van der Waals surface area contributed by atoms with Crippen molar-refractivity contribution in [3.8, 4) is 0 Å². The molecule has 0 saturated heterocycles. The first-order chi connectivity index (χ1) is 11.7. The monoisotopic (exact) mass is 375 g/mol. The lowest BCUT2D eigenvalue weighted by atomic mass is 9.57. The number of fused-ring (bicyclic) bond motifs is 2. The van der Waals surface area contributed by atoms with Gasteiger partial charge in [-0.2, -0.15) is 0 Å². The molecule has 144 valence electrons. The van der Waals surface area contributed by atoms with Crippen LogP contribution >= 0.6 is 8.03 Å². The van der Waals surface area contributed by atoms with E-state index in [-0.39, 0.29) is 21.7 Å². The zero-order valence-corrected chi connectivity index (χ0v) is 19.1. The molecule has 0 heterocycles. The number of benzene rings is 1. The van der Waals surface area contributed by atoms with Gasteiger partial charge in [0.25, 0.3) is 0 Å². The highest BCUT2D eigenvalue weighted by Gasteiger charge is 2.51. The van der Waals surface area contributed by atoms with Crippen LogP contribution in [0.3, 0.4) is 0 Å². The van der Waals surface area contributed by atoms with Gasteiger partial charge in [-0.15, -0.1) is 4.52 Å². The van der Waals surface area contributed by atoms with Crippen molar-refractivity contribution >= 4 is 13.3 Å². The molecule has 1 aromatic carbocycles. The van der Waals surface area contributed by atoms with E-state index in [1.165, 1.54) is 35.1 Å². The first-order valence-electron chi connectivity index (χ1n) is 9.99. The molecule has 0 N–H and O–H groups in total. The maximum absolute atomic E-state index is 13.3. The Kier molecular flexibility index (Phi) is 4.53. The summed E-state index contributed by atoms with van der Waals surface area (Å²) in [6.07, 6.45) is 4.57. The first kappa shape index (κ1) is 20.0. The van der Waals surface area contributed by atoms with Crippen molar-refractivity contribution in [2.75, 3.05) is 7.11 Å². The molecule has 1 unspecified atom stereocenters. The van der Waals surface area contributed by atoms with Crippen molar-refractivity contribution in [1.82, 2.24) is 0 Å². The summed E-state index contributed by atoms with van der Waals surface area (Å²) in [4.78, 5) is 0. The van der Waals surface area contributed by atoms with Crippen LogP contribution < -0.4 is 5.30 Å². The minimum absolute atomic E-state index is 0.0242. The van der Waals surface area contributed by atoms with E-state index in [1.54, 1.807) is 7.11 Å². The molecule has 1 aromatic rings. The molecule has 0 aromatic heterocycles. The Morgan fingerprint density at radius 2 is 1.08 bits per heavy atom. The van der Waals surface area contributed by atoms with Crippen molar-refractivity contribution in [1.29, 1.82) is 0 Å². The average Bonchev–Trinajstić information content (AvgIpc) is 2.54. The van der Waals surface area contributed by atoms with Crippen molar-refractivity contribution < 1.29 is 9.09 Å². The zero-order valence-electron chi connectivity index (χ0n) is 18.2. The average molecular weight is 376 g/mol. The van der Waals surface area contributed by atoms with Crippen LogP contribution in [0.15, 0.2) is 6.07 Å². The predicted molar refractivity (Wildman–Crippen MR) is 111 cm³/mol. The summed E-state index contributed by atoms with van der Waals surface area (Å²) in [5.74, 6) is 0. The smallest absolute Gasteiger partial charge is 0.145 e. The van der Waals surface area contributed by atoms with Crippen LogP contribution in [-0.2, 0) is 30.7 Å². The Hall–Kier alpha value is -0.720. The van der Waals surface area contributed by atoms with E-state index in [0.29, 0.717) is 0 Å². The van der Waals surface area contributed by atoms with Gasteiger partial charge in [0.15, 0.2) is 0 Å². The van der Waals surface area contributed by atoms with Crippen molar-refractivity contribution in [3.05, 3.63) is 28.3 Å². The number of hydrogen-bond acceptors (Lipinski definition) is 2. The minimum Gasteiger partial charge on any atom is -0.145 e. The molecular weight excluding hydrogens is 339 g/mol. The third-order valence-electron chi connectivity index (χ3n) is 7.21. The molecule has 3 rings (SSSR count). The van der Waals surface area contributed by atoms with Gasteiger partial charge in [-0.05, 0) is 63.0 Å². The largest absolute Gasteiger partial charge is 0.549 e. The van der Waals surface area contributed by atoms with Gasteiger partial charge in [-0.25, -0.2) is 0 Å². The zero-order chi connectivity index (χ0) is 19.7. The summed E-state index contributed by atoms with van der Waals surface area (Å²) < 4.78 is 18.8. The third-order valence-corrected chi connectivity index (χ3v) is 8.36. The highest BCUT2D eigenvalue weighted by molar-refractivity contribution is 7.48. The van der Waals surface area contributed by atoms with Gasteiger partial charge in [0.2, 0.25) is 5.30 Å². The number of hydrogen-bond donors (Lipinski definition) is 0. The molecule has 26 heavy (non-hydrogen) atoms. The van der Waals surface area contributed by atoms with Crippen LogP contribution in [0, 0.1) is 0 Å². The summed E-state index contributed by atoms with van der Waals surface area (Å²) in [5, 5.41) is 1.02. The Morgan fingerprint density at radius 3 is 1.42 bits per heavy atom. The molecule has 2 nitrogen and oxygen atoms in total. The van der Waals surface area contributed by atoms with E-state index >= 15 is 0 Å². The van der Waals surface area contributed by atoms with Crippen molar-refractivity contribution in [2.45, 2.75) is 103 Å². The van der Waals surface area contributed by atoms with Crippen LogP contribution in [0.5, 0.6) is 0 Å². The van der Waals surface area contributed by atoms with Crippen LogP contribution in [0.25, 0.3) is 0 Å². The predicted octanol–water partition coefficient (Wildman–Crippen LogP) is 6.40. The van der Waals surface area contributed by atoms with Crippen LogP contribution in [0.1, 0.15) is 103 Å². The molecule has 0 saturated carbocycles. The summed E-state index contributed by atoms with van der Waals surface area (Å²) in [7, 11) is -0.263.